The molecule has 1 amide bonds. The molecule has 0 bridgehead atoms. The maximum atomic E-state index is 11.8. The summed E-state index contributed by atoms with van der Waals surface area (Å²) in [5.74, 6) is -1.35. The number of carboxylic acids is 1. The van der Waals surface area contributed by atoms with Crippen molar-refractivity contribution in [2.75, 3.05) is 11.4 Å². The molecule has 0 aromatic heterocycles. The maximum absolute atomic E-state index is 11.8. The van der Waals surface area contributed by atoms with Gasteiger partial charge in [0, 0.05) is 6.54 Å². The fraction of sp³-hybridized carbons (Fsp3) is 0.467. The van der Waals surface area contributed by atoms with Gasteiger partial charge in [-0.2, -0.15) is 0 Å². The molecule has 1 atom stereocenters. The lowest BCUT2D eigenvalue weighted by atomic mass is 9.90. The van der Waals surface area contributed by atoms with Gasteiger partial charge < -0.3 is 15.7 Å². The Morgan fingerprint density at radius 1 is 1.40 bits per heavy atom. The van der Waals surface area contributed by atoms with E-state index in [2.05, 4.69) is 0 Å². The minimum Gasteiger partial charge on any atom is -0.479 e. The number of carboxylic acid groups (broad SMARTS) is 1. The summed E-state index contributed by atoms with van der Waals surface area (Å²) in [6.45, 7) is 2.61. The Labute approximate surface area is 118 Å². The zero-order valence-corrected chi connectivity index (χ0v) is 11.6. The topological polar surface area (TPSA) is 83.6 Å². The number of nitrogens with zero attached hydrogens (tertiary/aromatic N) is 1. The Kier molecular flexibility index (Phi) is 3.97. The molecule has 1 unspecified atom stereocenters. The van der Waals surface area contributed by atoms with Crippen LogP contribution in [0.15, 0.2) is 24.3 Å². The molecule has 1 heterocycles. The Balaban J connectivity index is 2.50. The second kappa shape index (κ2) is 5.53. The number of aliphatic carboxylic acids is 1. The highest BCUT2D eigenvalue weighted by Gasteiger charge is 2.47. The standard InChI is InChI=1S/C15H20N2O3/c1-2-8-15(14(19)20)9-5-10-17(15)12-7-4-3-6-11(12)13(16)18/h3-4,6-7H,2,5,8-10H2,1H3,(H2,16,18)(H,19,20). The van der Waals surface area contributed by atoms with E-state index in [-0.39, 0.29) is 0 Å². The van der Waals surface area contributed by atoms with E-state index in [0.717, 1.165) is 12.8 Å². The number of nitrogens with two attached hydrogens (primary N) is 1. The van der Waals surface area contributed by atoms with Crippen LogP contribution >= 0.6 is 0 Å². The average Bonchev–Trinajstić information content (AvgIpc) is 2.84. The monoisotopic (exact) mass is 276 g/mol. The molecule has 1 fully saturated rings. The molecule has 1 aromatic carbocycles. The van der Waals surface area contributed by atoms with Crippen molar-refractivity contribution in [2.45, 2.75) is 38.1 Å². The third kappa shape index (κ3) is 2.24. The highest BCUT2D eigenvalue weighted by Crippen LogP contribution is 2.39. The van der Waals surface area contributed by atoms with E-state index in [9.17, 15) is 14.7 Å². The molecular formula is C15H20N2O3. The van der Waals surface area contributed by atoms with Crippen LogP contribution in [0.25, 0.3) is 0 Å². The van der Waals surface area contributed by atoms with Crippen LogP contribution in [-0.4, -0.2) is 29.1 Å². The molecule has 1 saturated heterocycles. The molecule has 0 saturated carbocycles. The van der Waals surface area contributed by atoms with Crippen LogP contribution in [0.5, 0.6) is 0 Å². The van der Waals surface area contributed by atoms with Gasteiger partial charge in [-0.25, -0.2) is 4.79 Å². The van der Waals surface area contributed by atoms with E-state index in [1.807, 2.05) is 11.8 Å². The molecule has 0 radical (unpaired) electrons. The Morgan fingerprint density at radius 2 is 2.10 bits per heavy atom. The first-order chi connectivity index (χ1) is 9.53. The van der Waals surface area contributed by atoms with Gasteiger partial charge in [-0.1, -0.05) is 25.5 Å². The van der Waals surface area contributed by atoms with E-state index in [4.69, 9.17) is 5.73 Å². The van der Waals surface area contributed by atoms with Gasteiger partial charge >= 0.3 is 5.97 Å². The summed E-state index contributed by atoms with van der Waals surface area (Å²) in [6.07, 6.45) is 2.75. The summed E-state index contributed by atoms with van der Waals surface area (Å²) in [5, 5.41) is 9.70. The minimum absolute atomic E-state index is 0.385. The average molecular weight is 276 g/mol. The zero-order chi connectivity index (χ0) is 14.8. The zero-order valence-electron chi connectivity index (χ0n) is 11.6. The number of carbonyl (C=O) groups excluding carboxylic acids is 1. The summed E-state index contributed by atoms with van der Waals surface area (Å²) in [5.41, 5.74) is 5.51. The third-order valence-corrected chi connectivity index (χ3v) is 4.01. The second-order valence-electron chi connectivity index (χ2n) is 5.22. The number of carbonyl (C=O) groups is 2. The first-order valence-electron chi connectivity index (χ1n) is 6.93. The summed E-state index contributed by atoms with van der Waals surface area (Å²) < 4.78 is 0. The molecule has 0 spiro atoms. The van der Waals surface area contributed by atoms with Gasteiger partial charge in [0.25, 0.3) is 5.91 Å². The predicted molar refractivity (Wildman–Crippen MR) is 76.8 cm³/mol. The smallest absolute Gasteiger partial charge is 0.329 e. The molecule has 5 nitrogen and oxygen atoms in total. The van der Waals surface area contributed by atoms with Crippen molar-refractivity contribution < 1.29 is 14.7 Å². The van der Waals surface area contributed by atoms with Crippen molar-refractivity contribution in [3.8, 4) is 0 Å². The summed E-state index contributed by atoms with van der Waals surface area (Å²) >= 11 is 0. The van der Waals surface area contributed by atoms with E-state index in [1.54, 1.807) is 24.3 Å². The number of benzene rings is 1. The largest absolute Gasteiger partial charge is 0.479 e. The molecule has 1 aliphatic heterocycles. The molecule has 108 valence electrons. The fourth-order valence-electron chi connectivity index (χ4n) is 3.15. The Morgan fingerprint density at radius 3 is 2.70 bits per heavy atom. The lowest BCUT2D eigenvalue weighted by Gasteiger charge is -2.37. The molecule has 3 N–H and O–H groups in total. The highest BCUT2D eigenvalue weighted by atomic mass is 16.4. The predicted octanol–water partition coefficient (Wildman–Crippen LogP) is 2.01. The van der Waals surface area contributed by atoms with Crippen molar-refractivity contribution in [1.82, 2.24) is 0 Å². The van der Waals surface area contributed by atoms with Crippen molar-refractivity contribution in [2.24, 2.45) is 5.73 Å². The van der Waals surface area contributed by atoms with Crippen molar-refractivity contribution in [3.63, 3.8) is 0 Å². The van der Waals surface area contributed by atoms with Gasteiger partial charge in [-0.05, 0) is 31.4 Å². The van der Waals surface area contributed by atoms with Crippen LogP contribution in [0.3, 0.4) is 0 Å². The third-order valence-electron chi connectivity index (χ3n) is 4.01. The number of rotatable bonds is 5. The van der Waals surface area contributed by atoms with Crippen molar-refractivity contribution >= 4 is 17.6 Å². The van der Waals surface area contributed by atoms with E-state index in [1.165, 1.54) is 0 Å². The van der Waals surface area contributed by atoms with Gasteiger partial charge in [-0.15, -0.1) is 0 Å². The first kappa shape index (κ1) is 14.4. The lowest BCUT2D eigenvalue weighted by Crippen LogP contribution is -2.51. The summed E-state index contributed by atoms with van der Waals surface area (Å²) in [7, 11) is 0. The van der Waals surface area contributed by atoms with Gasteiger partial charge in [0.2, 0.25) is 0 Å². The van der Waals surface area contributed by atoms with E-state index >= 15 is 0 Å². The lowest BCUT2D eigenvalue weighted by molar-refractivity contribution is -0.143. The van der Waals surface area contributed by atoms with Crippen LogP contribution in [0, 0.1) is 0 Å². The van der Waals surface area contributed by atoms with Crippen LogP contribution < -0.4 is 10.6 Å². The molecule has 20 heavy (non-hydrogen) atoms. The quantitative estimate of drug-likeness (QED) is 0.861. The molecule has 1 aromatic rings. The summed E-state index contributed by atoms with van der Waals surface area (Å²) in [4.78, 5) is 25.2. The minimum atomic E-state index is -0.916. The normalized spacial score (nSPS) is 21.9. The van der Waals surface area contributed by atoms with Gasteiger partial charge in [0.05, 0.1) is 11.3 Å². The van der Waals surface area contributed by atoms with Gasteiger partial charge in [-0.3, -0.25) is 4.79 Å². The fourth-order valence-corrected chi connectivity index (χ4v) is 3.15. The molecule has 2 rings (SSSR count). The SMILES string of the molecule is CCCC1(C(=O)O)CCCN1c1ccccc1C(N)=O. The van der Waals surface area contributed by atoms with E-state index in [0.29, 0.717) is 30.6 Å². The Bertz CT molecular complexity index is 530. The number of amides is 1. The number of hydrogen-bond donors (Lipinski definition) is 2. The molecule has 1 aliphatic rings. The van der Waals surface area contributed by atoms with Crippen molar-refractivity contribution in [3.05, 3.63) is 29.8 Å². The van der Waals surface area contributed by atoms with Gasteiger partial charge in [0.15, 0.2) is 0 Å². The van der Waals surface area contributed by atoms with Crippen LogP contribution in [-0.2, 0) is 4.79 Å². The number of primary amides is 1. The van der Waals surface area contributed by atoms with E-state index < -0.39 is 17.4 Å². The number of anilines is 1. The molecule has 5 heteroatoms. The Hall–Kier alpha value is -2.04. The molecule has 0 aliphatic carbocycles. The number of para-hydroxylation sites is 1. The number of hydrogen-bond acceptors (Lipinski definition) is 3. The van der Waals surface area contributed by atoms with Crippen molar-refractivity contribution in [1.29, 1.82) is 0 Å². The first-order valence-corrected chi connectivity index (χ1v) is 6.93. The van der Waals surface area contributed by atoms with Crippen LogP contribution in [0.2, 0.25) is 0 Å². The summed E-state index contributed by atoms with van der Waals surface area (Å²) in [6, 6.07) is 6.97. The molecular weight excluding hydrogens is 256 g/mol. The van der Waals surface area contributed by atoms with Crippen LogP contribution in [0.4, 0.5) is 5.69 Å². The van der Waals surface area contributed by atoms with Crippen LogP contribution in [0.1, 0.15) is 43.0 Å². The van der Waals surface area contributed by atoms with Gasteiger partial charge in [0.1, 0.15) is 5.54 Å². The maximum Gasteiger partial charge on any atom is 0.329 e. The highest BCUT2D eigenvalue weighted by molar-refractivity contribution is 6.00. The second-order valence-corrected chi connectivity index (χ2v) is 5.22.